The van der Waals surface area contributed by atoms with Gasteiger partial charge in [0.15, 0.2) is 6.29 Å². The summed E-state index contributed by atoms with van der Waals surface area (Å²) in [6.45, 7) is 2.36. The van der Waals surface area contributed by atoms with Crippen LogP contribution in [0, 0.1) is 0 Å². The molecule has 1 unspecified atom stereocenters. The molecule has 1 rings (SSSR count). The number of allylic oxidation sites excluding steroid dienone is 2. The first-order valence-electron chi connectivity index (χ1n) is 10.3. The van der Waals surface area contributed by atoms with E-state index in [1.807, 2.05) is 0 Å². The van der Waals surface area contributed by atoms with Gasteiger partial charge in [0, 0.05) is 24.7 Å². The lowest BCUT2D eigenvalue weighted by Crippen LogP contribution is -2.22. The van der Waals surface area contributed by atoms with Gasteiger partial charge in [-0.2, -0.15) is 0 Å². The summed E-state index contributed by atoms with van der Waals surface area (Å²) in [5, 5.41) is 3.54. The normalized spacial score (nSPS) is 17.7. The first-order valence-corrected chi connectivity index (χ1v) is 10.3. The summed E-state index contributed by atoms with van der Waals surface area (Å²) in [4.78, 5) is 2.75. The second-order valence-electron chi connectivity index (χ2n) is 6.85. The van der Waals surface area contributed by atoms with E-state index in [1.54, 1.807) is 0 Å². The van der Waals surface area contributed by atoms with Crippen molar-refractivity contribution in [1.29, 1.82) is 0 Å². The highest BCUT2D eigenvalue weighted by molar-refractivity contribution is 4.81. The van der Waals surface area contributed by atoms with Gasteiger partial charge in [0.05, 0.1) is 0 Å². The Kier molecular flexibility index (Phi) is 15.7. The molecule has 0 aromatic rings. The van der Waals surface area contributed by atoms with Crippen molar-refractivity contribution in [2.75, 3.05) is 19.8 Å². The van der Waals surface area contributed by atoms with Crippen LogP contribution in [0.15, 0.2) is 17.3 Å². The molecule has 0 spiro atoms. The average Bonchev–Trinajstić information content (AvgIpc) is 2.65. The van der Waals surface area contributed by atoms with Crippen molar-refractivity contribution in [3.05, 3.63) is 22.6 Å². The van der Waals surface area contributed by atoms with Crippen molar-refractivity contribution in [3.8, 4) is 0 Å². The zero-order chi connectivity index (χ0) is 17.8. The van der Waals surface area contributed by atoms with Gasteiger partial charge in [-0.05, 0) is 63.3 Å². The van der Waals surface area contributed by atoms with Crippen LogP contribution in [0.3, 0.4) is 0 Å². The van der Waals surface area contributed by atoms with Crippen LogP contribution in [-0.4, -0.2) is 26.0 Å². The van der Waals surface area contributed by atoms with E-state index in [2.05, 4.69) is 22.2 Å². The number of azide groups is 1. The summed E-state index contributed by atoms with van der Waals surface area (Å²) in [5.41, 5.74) is 8.16. The third-order valence-electron chi connectivity index (χ3n) is 4.57. The lowest BCUT2D eigenvalue weighted by molar-refractivity contribution is -0.162. The van der Waals surface area contributed by atoms with Crippen molar-refractivity contribution in [2.24, 2.45) is 5.11 Å². The largest absolute Gasteiger partial charge is 0.353 e. The summed E-state index contributed by atoms with van der Waals surface area (Å²) < 4.78 is 11.3. The molecular formula is C20H37N3O2. The van der Waals surface area contributed by atoms with E-state index in [9.17, 15) is 0 Å². The monoisotopic (exact) mass is 351 g/mol. The van der Waals surface area contributed by atoms with Crippen LogP contribution in [0.1, 0.15) is 89.9 Å². The Hall–Kier alpha value is -1.03. The first-order chi connectivity index (χ1) is 12.4. The molecule has 5 nitrogen and oxygen atoms in total. The molecule has 144 valence electrons. The van der Waals surface area contributed by atoms with Crippen molar-refractivity contribution in [1.82, 2.24) is 0 Å². The van der Waals surface area contributed by atoms with E-state index in [0.29, 0.717) is 6.54 Å². The minimum atomic E-state index is 0.0767. The van der Waals surface area contributed by atoms with Crippen LogP contribution in [0.2, 0.25) is 0 Å². The minimum absolute atomic E-state index is 0.0767. The second-order valence-corrected chi connectivity index (χ2v) is 6.85. The first kappa shape index (κ1) is 22.0. The van der Waals surface area contributed by atoms with Gasteiger partial charge in [-0.3, -0.25) is 0 Å². The molecule has 0 radical (unpaired) electrons. The molecule has 5 heteroatoms. The van der Waals surface area contributed by atoms with Gasteiger partial charge in [-0.1, -0.05) is 49.4 Å². The summed E-state index contributed by atoms with van der Waals surface area (Å²) >= 11 is 0. The fourth-order valence-corrected chi connectivity index (χ4v) is 3.03. The molecule has 0 aliphatic carbocycles. The molecule has 0 N–H and O–H groups in total. The van der Waals surface area contributed by atoms with Gasteiger partial charge in [0.25, 0.3) is 0 Å². The topological polar surface area (TPSA) is 67.2 Å². The van der Waals surface area contributed by atoms with Crippen LogP contribution in [0.5, 0.6) is 0 Å². The highest BCUT2D eigenvalue weighted by Crippen LogP contribution is 2.15. The van der Waals surface area contributed by atoms with Crippen molar-refractivity contribution in [3.63, 3.8) is 0 Å². The predicted octanol–water partition coefficient (Wildman–Crippen LogP) is 6.69. The molecule has 0 aromatic heterocycles. The fourth-order valence-electron chi connectivity index (χ4n) is 3.03. The number of unbranched alkanes of at least 4 members (excludes halogenated alkanes) is 9. The molecule has 1 aliphatic rings. The van der Waals surface area contributed by atoms with E-state index in [4.69, 9.17) is 15.0 Å². The molecule has 1 saturated heterocycles. The highest BCUT2D eigenvalue weighted by Gasteiger charge is 2.13. The summed E-state index contributed by atoms with van der Waals surface area (Å²) in [5.74, 6) is 0. The van der Waals surface area contributed by atoms with Gasteiger partial charge >= 0.3 is 0 Å². The molecule has 1 fully saturated rings. The molecule has 1 atom stereocenters. The summed E-state index contributed by atoms with van der Waals surface area (Å²) in [7, 11) is 0. The highest BCUT2D eigenvalue weighted by atomic mass is 16.7. The van der Waals surface area contributed by atoms with Crippen LogP contribution >= 0.6 is 0 Å². The number of rotatable bonds is 16. The average molecular weight is 352 g/mol. The van der Waals surface area contributed by atoms with E-state index in [1.165, 1.54) is 64.2 Å². The molecule has 0 amide bonds. The lowest BCUT2D eigenvalue weighted by Gasteiger charge is -2.22. The maximum Gasteiger partial charge on any atom is 0.157 e. The van der Waals surface area contributed by atoms with Crippen molar-refractivity contribution < 1.29 is 9.47 Å². The van der Waals surface area contributed by atoms with E-state index in [-0.39, 0.29) is 6.29 Å². The molecular weight excluding hydrogens is 314 g/mol. The third kappa shape index (κ3) is 15.0. The van der Waals surface area contributed by atoms with Gasteiger partial charge < -0.3 is 9.47 Å². The Morgan fingerprint density at radius 3 is 2.28 bits per heavy atom. The van der Waals surface area contributed by atoms with E-state index < -0.39 is 0 Å². The number of nitrogens with zero attached hydrogens (tertiary/aromatic N) is 3. The number of ether oxygens (including phenoxy) is 2. The number of hydrogen-bond donors (Lipinski definition) is 0. The van der Waals surface area contributed by atoms with Crippen LogP contribution in [0.4, 0.5) is 0 Å². The van der Waals surface area contributed by atoms with Gasteiger partial charge in [-0.15, -0.1) is 0 Å². The number of hydrogen-bond acceptors (Lipinski definition) is 3. The Morgan fingerprint density at radius 2 is 1.60 bits per heavy atom. The standard InChI is InChI=1S/C20H37N3O2/c21-23-22-17-13-10-8-6-4-2-1-3-5-7-9-11-14-18-24-20-16-12-15-19-25-20/h4,6,20H,1-3,5,7-19H2/b6-4-. The third-order valence-corrected chi connectivity index (χ3v) is 4.57. The maximum atomic E-state index is 8.16. The quantitative estimate of drug-likeness (QED) is 0.102. The Morgan fingerprint density at radius 1 is 0.920 bits per heavy atom. The zero-order valence-corrected chi connectivity index (χ0v) is 15.9. The Labute approximate surface area is 153 Å². The van der Waals surface area contributed by atoms with Gasteiger partial charge in [0.2, 0.25) is 0 Å². The molecule has 0 bridgehead atoms. The molecule has 0 aromatic carbocycles. The van der Waals surface area contributed by atoms with Crippen molar-refractivity contribution in [2.45, 2.75) is 96.2 Å². The Bertz CT molecular complexity index is 362. The lowest BCUT2D eigenvalue weighted by atomic mass is 10.1. The molecule has 0 saturated carbocycles. The summed E-state index contributed by atoms with van der Waals surface area (Å²) in [6.07, 6.45) is 21.7. The second kappa shape index (κ2) is 17.8. The molecule has 25 heavy (non-hydrogen) atoms. The van der Waals surface area contributed by atoms with E-state index >= 15 is 0 Å². The Balaban J connectivity index is 1.72. The van der Waals surface area contributed by atoms with Crippen molar-refractivity contribution >= 4 is 0 Å². The maximum absolute atomic E-state index is 8.16. The van der Waals surface area contributed by atoms with Crippen LogP contribution in [-0.2, 0) is 9.47 Å². The van der Waals surface area contributed by atoms with E-state index in [0.717, 1.165) is 38.9 Å². The minimum Gasteiger partial charge on any atom is -0.353 e. The van der Waals surface area contributed by atoms with Crippen LogP contribution in [0.25, 0.3) is 10.4 Å². The van der Waals surface area contributed by atoms with Gasteiger partial charge in [-0.25, -0.2) is 0 Å². The summed E-state index contributed by atoms with van der Waals surface area (Å²) in [6, 6.07) is 0. The predicted molar refractivity (Wildman–Crippen MR) is 103 cm³/mol. The van der Waals surface area contributed by atoms with Gasteiger partial charge in [0.1, 0.15) is 0 Å². The molecule has 1 heterocycles. The zero-order valence-electron chi connectivity index (χ0n) is 15.9. The SMILES string of the molecule is [N-]=[N+]=NCCCC/C=C\CCCCCCCCCOC1CCCCO1. The molecule has 1 aliphatic heterocycles. The smallest absolute Gasteiger partial charge is 0.157 e. The fraction of sp³-hybridized carbons (Fsp3) is 0.900. The van der Waals surface area contributed by atoms with Crippen LogP contribution < -0.4 is 0 Å².